The van der Waals surface area contributed by atoms with Gasteiger partial charge in [-0.2, -0.15) is 0 Å². The molecule has 15 heavy (non-hydrogen) atoms. The minimum atomic E-state index is -1.04. The monoisotopic (exact) mass is 220 g/mol. The van der Waals surface area contributed by atoms with Crippen LogP contribution in [0.3, 0.4) is 0 Å². The summed E-state index contributed by atoms with van der Waals surface area (Å²) in [6, 6.07) is 0. The largest absolute Gasteiger partial charge is 0.396 e. The molecule has 1 rings (SSSR count). The van der Waals surface area contributed by atoms with E-state index in [1.807, 2.05) is 0 Å². The van der Waals surface area contributed by atoms with Crippen LogP contribution in [-0.4, -0.2) is 57.1 Å². The van der Waals surface area contributed by atoms with Gasteiger partial charge in [0.05, 0.1) is 24.9 Å². The molecule has 5 nitrogen and oxygen atoms in total. The van der Waals surface area contributed by atoms with Crippen molar-refractivity contribution in [3.05, 3.63) is 0 Å². The fourth-order valence-electron chi connectivity index (χ4n) is 2.49. The Balaban J connectivity index is 2.73. The van der Waals surface area contributed by atoms with Crippen LogP contribution in [0.2, 0.25) is 0 Å². The lowest BCUT2D eigenvalue weighted by molar-refractivity contribution is -0.108. The molecule has 0 radical (unpaired) electrons. The van der Waals surface area contributed by atoms with Crippen LogP contribution in [0.5, 0.6) is 0 Å². The molecule has 0 amide bonds. The molecule has 5 heteroatoms. The fraction of sp³-hybridized carbons (Fsp3) is 1.00. The molecule has 0 bridgehead atoms. The van der Waals surface area contributed by atoms with Crippen molar-refractivity contribution in [2.24, 2.45) is 11.8 Å². The van der Waals surface area contributed by atoms with Gasteiger partial charge in [0.2, 0.25) is 0 Å². The number of aliphatic hydroxyl groups excluding tert-OH is 5. The molecule has 0 aliphatic heterocycles. The Hall–Kier alpha value is -0.200. The molecule has 0 aromatic rings. The summed E-state index contributed by atoms with van der Waals surface area (Å²) in [5.41, 5.74) is 0. The summed E-state index contributed by atoms with van der Waals surface area (Å²) in [7, 11) is 0. The molecular weight excluding hydrogens is 200 g/mol. The van der Waals surface area contributed by atoms with Crippen LogP contribution in [0.1, 0.15) is 19.3 Å². The first-order valence-electron chi connectivity index (χ1n) is 5.37. The SMILES string of the molecule is OCC[C@@H]1[C@H](C(O)CO)[C@@H](O)CC[C@H]1O. The van der Waals surface area contributed by atoms with E-state index in [0.717, 1.165) is 0 Å². The minimum Gasteiger partial charge on any atom is -0.396 e. The lowest BCUT2D eigenvalue weighted by atomic mass is 9.71. The normalized spacial score (nSPS) is 39.0. The standard InChI is InChI=1S/C10H20O5/c11-4-3-6-7(13)1-2-8(14)10(6)9(15)5-12/h6-15H,1-5H2/t6-,7+,8-,9?,10-/m0/s1. The predicted octanol–water partition coefficient (Wildman–Crippen LogP) is -1.53. The van der Waals surface area contributed by atoms with Gasteiger partial charge < -0.3 is 25.5 Å². The summed E-state index contributed by atoms with van der Waals surface area (Å²) in [6.07, 6.45) is -1.14. The molecule has 1 fully saturated rings. The molecule has 1 saturated carbocycles. The summed E-state index contributed by atoms with van der Waals surface area (Å²) >= 11 is 0. The Labute approximate surface area is 89.0 Å². The van der Waals surface area contributed by atoms with Crippen molar-refractivity contribution in [1.82, 2.24) is 0 Å². The van der Waals surface area contributed by atoms with Crippen molar-refractivity contribution >= 4 is 0 Å². The maximum absolute atomic E-state index is 9.72. The average Bonchev–Trinajstić information content (AvgIpc) is 2.23. The van der Waals surface area contributed by atoms with Gasteiger partial charge in [0, 0.05) is 12.5 Å². The first kappa shape index (κ1) is 12.9. The average molecular weight is 220 g/mol. The van der Waals surface area contributed by atoms with E-state index in [1.54, 1.807) is 0 Å². The highest BCUT2D eigenvalue weighted by Gasteiger charge is 2.41. The first-order valence-corrected chi connectivity index (χ1v) is 5.37. The maximum Gasteiger partial charge on any atom is 0.0827 e. The molecule has 0 saturated heterocycles. The van der Waals surface area contributed by atoms with E-state index in [1.165, 1.54) is 0 Å². The quantitative estimate of drug-likeness (QED) is 0.396. The van der Waals surface area contributed by atoms with E-state index < -0.39 is 30.8 Å². The maximum atomic E-state index is 9.72. The first-order chi connectivity index (χ1) is 7.11. The van der Waals surface area contributed by atoms with Gasteiger partial charge in [0.25, 0.3) is 0 Å². The summed E-state index contributed by atoms with van der Waals surface area (Å²) < 4.78 is 0. The van der Waals surface area contributed by atoms with Gasteiger partial charge in [0.15, 0.2) is 0 Å². The second-order valence-electron chi connectivity index (χ2n) is 4.22. The van der Waals surface area contributed by atoms with Crippen LogP contribution >= 0.6 is 0 Å². The van der Waals surface area contributed by atoms with Crippen LogP contribution in [0, 0.1) is 11.8 Å². The molecule has 5 atom stereocenters. The third-order valence-electron chi connectivity index (χ3n) is 3.28. The van der Waals surface area contributed by atoms with Crippen LogP contribution in [0.4, 0.5) is 0 Å². The van der Waals surface area contributed by atoms with Gasteiger partial charge >= 0.3 is 0 Å². The molecule has 0 aromatic carbocycles. The van der Waals surface area contributed by atoms with Gasteiger partial charge in [0.1, 0.15) is 0 Å². The molecule has 1 aliphatic rings. The lowest BCUT2D eigenvalue weighted by Gasteiger charge is -2.40. The zero-order valence-corrected chi connectivity index (χ0v) is 8.66. The fourth-order valence-corrected chi connectivity index (χ4v) is 2.49. The molecule has 0 heterocycles. The van der Waals surface area contributed by atoms with E-state index in [-0.39, 0.29) is 12.5 Å². The van der Waals surface area contributed by atoms with Gasteiger partial charge in [-0.05, 0) is 25.2 Å². The van der Waals surface area contributed by atoms with Crippen molar-refractivity contribution < 1.29 is 25.5 Å². The van der Waals surface area contributed by atoms with Crippen LogP contribution in [0.15, 0.2) is 0 Å². The topological polar surface area (TPSA) is 101 Å². The molecule has 90 valence electrons. The zero-order chi connectivity index (χ0) is 11.4. The minimum absolute atomic E-state index is 0.0942. The van der Waals surface area contributed by atoms with Crippen molar-refractivity contribution in [2.75, 3.05) is 13.2 Å². The van der Waals surface area contributed by atoms with E-state index in [2.05, 4.69) is 0 Å². The molecule has 1 aliphatic carbocycles. The highest BCUT2D eigenvalue weighted by atomic mass is 16.3. The summed E-state index contributed by atoms with van der Waals surface area (Å²) in [6.45, 7) is -0.528. The Morgan fingerprint density at radius 3 is 2.20 bits per heavy atom. The van der Waals surface area contributed by atoms with Crippen molar-refractivity contribution in [3.63, 3.8) is 0 Å². The number of aliphatic hydroxyl groups is 5. The molecule has 0 spiro atoms. The third-order valence-corrected chi connectivity index (χ3v) is 3.28. The van der Waals surface area contributed by atoms with Crippen molar-refractivity contribution in [2.45, 2.75) is 37.6 Å². The molecular formula is C10H20O5. The van der Waals surface area contributed by atoms with E-state index in [9.17, 15) is 15.3 Å². The Bertz CT molecular complexity index is 183. The highest BCUT2D eigenvalue weighted by molar-refractivity contribution is 4.90. The second-order valence-corrected chi connectivity index (χ2v) is 4.22. The Morgan fingerprint density at radius 2 is 1.67 bits per heavy atom. The summed E-state index contributed by atoms with van der Waals surface area (Å²) in [4.78, 5) is 0. The van der Waals surface area contributed by atoms with Crippen LogP contribution < -0.4 is 0 Å². The van der Waals surface area contributed by atoms with Gasteiger partial charge in [-0.3, -0.25) is 0 Å². The number of hydrogen-bond donors (Lipinski definition) is 5. The smallest absolute Gasteiger partial charge is 0.0827 e. The predicted molar refractivity (Wildman–Crippen MR) is 53.0 cm³/mol. The number of hydrogen-bond acceptors (Lipinski definition) is 5. The third kappa shape index (κ3) is 2.89. The summed E-state index contributed by atoms with van der Waals surface area (Å²) in [5, 5.41) is 46.7. The van der Waals surface area contributed by atoms with Gasteiger partial charge in [-0.25, -0.2) is 0 Å². The van der Waals surface area contributed by atoms with E-state index in [0.29, 0.717) is 19.3 Å². The van der Waals surface area contributed by atoms with Crippen molar-refractivity contribution in [3.8, 4) is 0 Å². The van der Waals surface area contributed by atoms with Crippen molar-refractivity contribution in [1.29, 1.82) is 0 Å². The second kappa shape index (κ2) is 5.77. The van der Waals surface area contributed by atoms with E-state index >= 15 is 0 Å². The van der Waals surface area contributed by atoms with Gasteiger partial charge in [-0.15, -0.1) is 0 Å². The Morgan fingerprint density at radius 1 is 1.07 bits per heavy atom. The number of rotatable bonds is 4. The van der Waals surface area contributed by atoms with E-state index in [4.69, 9.17) is 10.2 Å². The summed E-state index contributed by atoms with van der Waals surface area (Å²) in [5.74, 6) is -0.896. The zero-order valence-electron chi connectivity index (χ0n) is 8.66. The molecule has 0 aromatic heterocycles. The van der Waals surface area contributed by atoms with Gasteiger partial charge in [-0.1, -0.05) is 0 Å². The van der Waals surface area contributed by atoms with Crippen LogP contribution in [0.25, 0.3) is 0 Å². The lowest BCUT2D eigenvalue weighted by Crippen LogP contribution is -2.48. The van der Waals surface area contributed by atoms with Crippen LogP contribution in [-0.2, 0) is 0 Å². The molecule has 5 N–H and O–H groups in total. The Kier molecular flexibility index (Phi) is 4.95. The molecule has 1 unspecified atom stereocenters. The highest BCUT2D eigenvalue weighted by Crippen LogP contribution is 2.35.